The monoisotopic (exact) mass is 291 g/mol. The van der Waals surface area contributed by atoms with Crippen molar-refractivity contribution in [3.63, 3.8) is 0 Å². The van der Waals surface area contributed by atoms with Crippen LogP contribution in [0.25, 0.3) is 0 Å². The Morgan fingerprint density at radius 1 is 1.29 bits per heavy atom. The van der Waals surface area contributed by atoms with Crippen molar-refractivity contribution in [2.24, 2.45) is 0 Å². The Morgan fingerprint density at radius 3 is 2.67 bits per heavy atom. The number of hydrogen-bond acceptors (Lipinski definition) is 6. The summed E-state index contributed by atoms with van der Waals surface area (Å²) in [6.07, 6.45) is 1.13. The molecule has 1 saturated heterocycles. The van der Waals surface area contributed by atoms with Gasteiger partial charge in [-0.15, -0.1) is 0 Å². The summed E-state index contributed by atoms with van der Waals surface area (Å²) >= 11 is 0. The Kier molecular flexibility index (Phi) is 3.77. The molecule has 0 saturated carbocycles. The van der Waals surface area contributed by atoms with Gasteiger partial charge in [-0.2, -0.15) is 0 Å². The van der Waals surface area contributed by atoms with E-state index in [9.17, 15) is 0 Å². The van der Waals surface area contributed by atoms with Crippen LogP contribution in [-0.4, -0.2) is 44.9 Å². The van der Waals surface area contributed by atoms with Crippen molar-refractivity contribution in [3.05, 3.63) is 28.6 Å². The van der Waals surface area contributed by atoms with Crippen LogP contribution in [0.5, 0.6) is 0 Å². The zero-order chi connectivity index (χ0) is 15.0. The highest BCUT2D eigenvalue weighted by Crippen LogP contribution is 2.33. The van der Waals surface area contributed by atoms with E-state index in [0.29, 0.717) is 6.54 Å². The number of aryl methyl sites for hydroxylation is 3. The fraction of sp³-hybridized carbons (Fsp3) is 0.643. The number of hydrogen-bond donors (Lipinski definition) is 1. The minimum absolute atomic E-state index is 0.207. The van der Waals surface area contributed by atoms with E-state index < -0.39 is 0 Å². The predicted octanol–water partition coefficient (Wildman–Crippen LogP) is 1.68. The second-order valence-corrected chi connectivity index (χ2v) is 5.67. The lowest BCUT2D eigenvalue weighted by Gasteiger charge is -2.21. The van der Waals surface area contributed by atoms with E-state index in [0.717, 1.165) is 41.6 Å². The van der Waals surface area contributed by atoms with E-state index >= 15 is 0 Å². The molecule has 0 radical (unpaired) electrons. The van der Waals surface area contributed by atoms with E-state index in [2.05, 4.69) is 25.2 Å². The molecule has 7 nitrogen and oxygen atoms in total. The molecule has 1 N–H and O–H groups in total. The van der Waals surface area contributed by atoms with E-state index in [1.54, 1.807) is 7.11 Å². The first kappa shape index (κ1) is 14.2. The van der Waals surface area contributed by atoms with Gasteiger partial charge >= 0.3 is 0 Å². The summed E-state index contributed by atoms with van der Waals surface area (Å²) in [6.45, 7) is 7.52. The van der Waals surface area contributed by atoms with Crippen LogP contribution in [0.1, 0.15) is 41.1 Å². The molecular formula is C14H21N5O2. The van der Waals surface area contributed by atoms with Crippen LogP contribution in [-0.2, 0) is 11.3 Å². The van der Waals surface area contributed by atoms with Crippen LogP contribution in [0.15, 0.2) is 4.63 Å². The number of aromatic nitrogens is 4. The molecule has 0 amide bonds. The van der Waals surface area contributed by atoms with Gasteiger partial charge in [0.2, 0.25) is 0 Å². The number of nitrogens with zero attached hydrogens (tertiary/aromatic N) is 4. The van der Waals surface area contributed by atoms with E-state index in [4.69, 9.17) is 9.37 Å². The van der Waals surface area contributed by atoms with Crippen LogP contribution in [0.2, 0.25) is 0 Å². The first-order chi connectivity index (χ1) is 10.1. The van der Waals surface area contributed by atoms with Gasteiger partial charge in [0.25, 0.3) is 0 Å². The average molecular weight is 291 g/mol. The van der Waals surface area contributed by atoms with Crippen LogP contribution in [0.4, 0.5) is 0 Å². The molecule has 21 heavy (non-hydrogen) atoms. The smallest absolute Gasteiger partial charge is 0.124 e. The van der Waals surface area contributed by atoms with Gasteiger partial charge in [-0.1, -0.05) is 10.3 Å². The molecule has 3 rings (SSSR count). The zero-order valence-electron chi connectivity index (χ0n) is 12.9. The van der Waals surface area contributed by atoms with Crippen LogP contribution < -0.4 is 0 Å². The molecule has 0 aliphatic carbocycles. The molecule has 2 aromatic rings. The lowest BCUT2D eigenvalue weighted by Crippen LogP contribution is -2.26. The summed E-state index contributed by atoms with van der Waals surface area (Å²) in [7, 11) is 1.76. The summed E-state index contributed by atoms with van der Waals surface area (Å²) in [6, 6.07) is 0.207. The van der Waals surface area contributed by atoms with E-state index in [1.807, 2.05) is 20.8 Å². The van der Waals surface area contributed by atoms with Crippen molar-refractivity contribution >= 4 is 0 Å². The molecule has 0 aromatic carbocycles. The lowest BCUT2D eigenvalue weighted by molar-refractivity contribution is 0.107. The standard InChI is InChI=1S/C14H21N5O2/c1-8-9(2)16-14(15-8)13-5-11(20-4)6-19(13)7-12-10(3)17-21-18-12/h11,13H,5-7H2,1-4H3,(H,15,16)/t11-,13+/m1/s1. The molecule has 1 aliphatic rings. The molecule has 0 spiro atoms. The first-order valence-corrected chi connectivity index (χ1v) is 7.16. The quantitative estimate of drug-likeness (QED) is 0.923. The van der Waals surface area contributed by atoms with Gasteiger partial charge < -0.3 is 9.72 Å². The number of aromatic amines is 1. The second-order valence-electron chi connectivity index (χ2n) is 5.67. The topological polar surface area (TPSA) is 80.1 Å². The summed E-state index contributed by atoms with van der Waals surface area (Å²) < 4.78 is 10.3. The average Bonchev–Trinajstić information content (AvgIpc) is 3.13. The molecule has 1 aliphatic heterocycles. The second kappa shape index (κ2) is 5.57. The molecule has 0 bridgehead atoms. The molecule has 7 heteroatoms. The largest absolute Gasteiger partial charge is 0.380 e. The number of H-pyrrole nitrogens is 1. The third-order valence-corrected chi connectivity index (χ3v) is 4.26. The SMILES string of the molecule is CO[C@@H]1C[C@@H](c2nc(C)c(C)[nH]2)N(Cc2nonc2C)C1. The first-order valence-electron chi connectivity index (χ1n) is 7.16. The van der Waals surface area contributed by atoms with E-state index in [1.165, 1.54) is 0 Å². The van der Waals surface area contributed by atoms with Gasteiger partial charge in [-0.25, -0.2) is 9.61 Å². The lowest BCUT2D eigenvalue weighted by atomic mass is 10.2. The molecule has 0 unspecified atom stereocenters. The van der Waals surface area contributed by atoms with Crippen LogP contribution >= 0.6 is 0 Å². The molecule has 3 heterocycles. The number of methoxy groups -OCH3 is 1. The summed E-state index contributed by atoms with van der Waals surface area (Å²) in [4.78, 5) is 10.4. The van der Waals surface area contributed by atoms with Crippen molar-refractivity contribution in [3.8, 4) is 0 Å². The summed E-state index contributed by atoms with van der Waals surface area (Å²) in [5.41, 5.74) is 3.87. The molecule has 114 valence electrons. The van der Waals surface area contributed by atoms with Crippen molar-refractivity contribution in [1.29, 1.82) is 0 Å². The van der Waals surface area contributed by atoms with Gasteiger partial charge in [-0.05, 0) is 27.2 Å². The predicted molar refractivity (Wildman–Crippen MR) is 75.7 cm³/mol. The maximum atomic E-state index is 5.54. The Hall–Kier alpha value is -1.73. The third kappa shape index (κ3) is 2.71. The van der Waals surface area contributed by atoms with Gasteiger partial charge in [-0.3, -0.25) is 4.90 Å². The maximum absolute atomic E-state index is 5.54. The number of nitrogens with one attached hydrogen (secondary N) is 1. The van der Waals surface area contributed by atoms with Crippen molar-refractivity contribution < 1.29 is 9.37 Å². The Morgan fingerprint density at radius 2 is 2.10 bits per heavy atom. The molecular weight excluding hydrogens is 270 g/mol. The van der Waals surface area contributed by atoms with Crippen LogP contribution in [0, 0.1) is 20.8 Å². The van der Waals surface area contributed by atoms with Gasteiger partial charge in [0.15, 0.2) is 0 Å². The summed E-state index contributed by atoms with van der Waals surface area (Å²) in [5.74, 6) is 0.999. The molecule has 2 aromatic heterocycles. The number of likely N-dealkylation sites (tertiary alicyclic amines) is 1. The summed E-state index contributed by atoms with van der Waals surface area (Å²) in [5, 5.41) is 7.83. The zero-order valence-corrected chi connectivity index (χ0v) is 12.9. The Bertz CT molecular complexity index is 601. The number of rotatable bonds is 4. The molecule has 2 atom stereocenters. The van der Waals surface area contributed by atoms with Gasteiger partial charge in [0, 0.05) is 25.9 Å². The Labute approximate surface area is 123 Å². The fourth-order valence-corrected chi connectivity index (χ4v) is 2.81. The van der Waals surface area contributed by atoms with Crippen molar-refractivity contribution in [1.82, 2.24) is 25.2 Å². The fourth-order valence-electron chi connectivity index (χ4n) is 2.81. The third-order valence-electron chi connectivity index (χ3n) is 4.26. The number of imidazole rings is 1. The highest BCUT2D eigenvalue weighted by atomic mass is 16.6. The van der Waals surface area contributed by atoms with Gasteiger partial charge in [0.1, 0.15) is 17.2 Å². The minimum Gasteiger partial charge on any atom is -0.380 e. The van der Waals surface area contributed by atoms with Gasteiger partial charge in [0.05, 0.1) is 17.8 Å². The number of ether oxygens (including phenoxy) is 1. The van der Waals surface area contributed by atoms with Crippen molar-refractivity contribution in [2.75, 3.05) is 13.7 Å². The highest BCUT2D eigenvalue weighted by molar-refractivity contribution is 5.15. The van der Waals surface area contributed by atoms with E-state index in [-0.39, 0.29) is 12.1 Å². The normalized spacial score (nSPS) is 23.0. The highest BCUT2D eigenvalue weighted by Gasteiger charge is 2.35. The Balaban J connectivity index is 1.84. The van der Waals surface area contributed by atoms with Crippen LogP contribution in [0.3, 0.4) is 0 Å². The minimum atomic E-state index is 0.207. The van der Waals surface area contributed by atoms with Crippen molar-refractivity contribution in [2.45, 2.75) is 45.9 Å². The molecule has 1 fully saturated rings. The maximum Gasteiger partial charge on any atom is 0.124 e.